The van der Waals surface area contributed by atoms with Gasteiger partial charge in [0.05, 0.1) is 5.69 Å². The molecule has 3 rings (SSSR count). The Morgan fingerprint density at radius 1 is 1.24 bits per heavy atom. The van der Waals surface area contributed by atoms with Crippen molar-refractivity contribution < 1.29 is 9.59 Å². The van der Waals surface area contributed by atoms with Gasteiger partial charge >= 0.3 is 0 Å². The molecule has 0 N–H and O–H groups in total. The Hall–Kier alpha value is -2.18. The number of rotatable bonds is 3. The van der Waals surface area contributed by atoms with Crippen molar-refractivity contribution in [2.75, 3.05) is 26.2 Å². The van der Waals surface area contributed by atoms with Crippen LogP contribution in [-0.2, 0) is 16.1 Å². The Morgan fingerprint density at radius 3 is 2.80 bits per heavy atom. The largest absolute Gasteiger partial charge is 0.342 e. The number of hydrogen-bond acceptors (Lipinski definition) is 4. The molecule has 3 heterocycles. The molecule has 0 radical (unpaired) electrons. The summed E-state index contributed by atoms with van der Waals surface area (Å²) >= 11 is 0. The van der Waals surface area contributed by atoms with E-state index in [2.05, 4.69) is 5.10 Å². The van der Waals surface area contributed by atoms with Gasteiger partial charge in [0, 0.05) is 44.1 Å². The van der Waals surface area contributed by atoms with Gasteiger partial charge in [-0.1, -0.05) is 0 Å². The molecule has 7 heteroatoms. The molecule has 0 aliphatic carbocycles. The first-order valence-corrected chi connectivity index (χ1v) is 9.03. The SMILES string of the molecule is CCN1C[C@]2(CCCN(C(=O)Cn3nc(C)ccc3=O)C2)CCC1=O. The number of nitrogens with zero attached hydrogens (tertiary/aromatic N) is 4. The smallest absolute Gasteiger partial charge is 0.267 e. The van der Waals surface area contributed by atoms with Gasteiger partial charge in [-0.2, -0.15) is 5.10 Å². The van der Waals surface area contributed by atoms with Crippen molar-refractivity contribution in [3.05, 3.63) is 28.2 Å². The van der Waals surface area contributed by atoms with Crippen molar-refractivity contribution in [3.63, 3.8) is 0 Å². The fourth-order valence-electron chi connectivity index (χ4n) is 4.04. The Bertz CT molecular complexity index is 729. The highest BCUT2D eigenvalue weighted by atomic mass is 16.2. The molecule has 0 aromatic carbocycles. The van der Waals surface area contributed by atoms with Crippen LogP contribution in [0, 0.1) is 12.3 Å². The second-order valence-electron chi connectivity index (χ2n) is 7.30. The molecule has 7 nitrogen and oxygen atoms in total. The van der Waals surface area contributed by atoms with Crippen LogP contribution in [0.25, 0.3) is 0 Å². The molecule has 0 saturated carbocycles. The Balaban J connectivity index is 1.70. The molecular formula is C18H26N4O3. The van der Waals surface area contributed by atoms with E-state index < -0.39 is 0 Å². The zero-order valence-corrected chi connectivity index (χ0v) is 15.0. The van der Waals surface area contributed by atoms with E-state index in [-0.39, 0.29) is 29.3 Å². The van der Waals surface area contributed by atoms with Gasteiger partial charge in [0.25, 0.3) is 5.56 Å². The van der Waals surface area contributed by atoms with Crippen molar-refractivity contribution in [1.82, 2.24) is 19.6 Å². The molecule has 2 aliphatic rings. The fourth-order valence-corrected chi connectivity index (χ4v) is 4.04. The molecule has 1 spiro atoms. The minimum Gasteiger partial charge on any atom is -0.342 e. The first-order valence-electron chi connectivity index (χ1n) is 9.03. The van der Waals surface area contributed by atoms with Crippen LogP contribution in [0.5, 0.6) is 0 Å². The normalized spacial score (nSPS) is 24.0. The third-order valence-electron chi connectivity index (χ3n) is 5.43. The molecule has 0 bridgehead atoms. The zero-order chi connectivity index (χ0) is 18.0. The molecule has 1 aromatic heterocycles. The standard InChI is InChI=1S/C18H26N4O3/c1-3-20-12-18(9-7-15(20)23)8-4-10-21(13-18)17(25)11-22-16(24)6-5-14(2)19-22/h5-6H,3-4,7-13H2,1-2H3/t18-/m0/s1. The van der Waals surface area contributed by atoms with Crippen LogP contribution in [-0.4, -0.2) is 57.6 Å². The molecule has 1 aromatic rings. The number of likely N-dealkylation sites (tertiary alicyclic amines) is 2. The zero-order valence-electron chi connectivity index (χ0n) is 15.0. The second-order valence-corrected chi connectivity index (χ2v) is 7.30. The molecule has 25 heavy (non-hydrogen) atoms. The van der Waals surface area contributed by atoms with Crippen molar-refractivity contribution in [3.8, 4) is 0 Å². The average molecular weight is 346 g/mol. The summed E-state index contributed by atoms with van der Waals surface area (Å²) in [7, 11) is 0. The topological polar surface area (TPSA) is 75.5 Å². The number of aryl methyl sites for hydroxylation is 1. The summed E-state index contributed by atoms with van der Waals surface area (Å²) in [6, 6.07) is 3.09. The number of carbonyl (C=O) groups excluding carboxylic acids is 2. The van der Waals surface area contributed by atoms with Crippen molar-refractivity contribution in [1.29, 1.82) is 0 Å². The lowest BCUT2D eigenvalue weighted by Gasteiger charge is -2.48. The number of aromatic nitrogens is 2. The third kappa shape index (κ3) is 3.75. The van der Waals surface area contributed by atoms with Crippen LogP contribution < -0.4 is 5.56 Å². The first kappa shape index (κ1) is 17.6. The van der Waals surface area contributed by atoms with Crippen LogP contribution in [0.2, 0.25) is 0 Å². The van der Waals surface area contributed by atoms with Crippen molar-refractivity contribution in [2.45, 2.75) is 46.1 Å². The summed E-state index contributed by atoms with van der Waals surface area (Å²) in [5.41, 5.74) is 0.459. The van der Waals surface area contributed by atoms with E-state index in [0.29, 0.717) is 25.2 Å². The van der Waals surface area contributed by atoms with Gasteiger partial charge in [0.2, 0.25) is 11.8 Å². The van der Waals surface area contributed by atoms with Crippen LogP contribution in [0.1, 0.15) is 38.3 Å². The summed E-state index contributed by atoms with van der Waals surface area (Å²) in [4.78, 5) is 40.3. The highest BCUT2D eigenvalue weighted by Crippen LogP contribution is 2.38. The summed E-state index contributed by atoms with van der Waals surface area (Å²) in [5.74, 6) is 0.145. The number of hydrogen-bond donors (Lipinski definition) is 0. The monoisotopic (exact) mass is 346 g/mol. The predicted octanol–water partition coefficient (Wildman–Crippen LogP) is 0.803. The molecule has 2 aliphatic heterocycles. The van der Waals surface area contributed by atoms with E-state index in [9.17, 15) is 14.4 Å². The maximum absolute atomic E-state index is 12.7. The molecule has 2 fully saturated rings. The number of amides is 2. The minimum absolute atomic E-state index is 0.00280. The number of carbonyl (C=O) groups is 2. The lowest BCUT2D eigenvalue weighted by molar-refractivity contribution is -0.143. The molecule has 136 valence electrons. The fraction of sp³-hybridized carbons (Fsp3) is 0.667. The second kappa shape index (κ2) is 6.98. The third-order valence-corrected chi connectivity index (χ3v) is 5.43. The number of piperidine rings is 2. The van der Waals surface area contributed by atoms with E-state index in [4.69, 9.17) is 0 Å². The van der Waals surface area contributed by atoms with E-state index in [0.717, 1.165) is 32.4 Å². The van der Waals surface area contributed by atoms with E-state index in [1.807, 2.05) is 16.7 Å². The summed E-state index contributed by atoms with van der Waals surface area (Å²) in [5, 5.41) is 4.15. The summed E-state index contributed by atoms with van der Waals surface area (Å²) in [6.45, 7) is 6.60. The maximum atomic E-state index is 12.7. The minimum atomic E-state index is -0.258. The van der Waals surface area contributed by atoms with Gasteiger partial charge in [-0.25, -0.2) is 4.68 Å². The molecule has 0 unspecified atom stereocenters. The van der Waals surface area contributed by atoms with Gasteiger partial charge < -0.3 is 9.80 Å². The van der Waals surface area contributed by atoms with Crippen LogP contribution in [0.4, 0.5) is 0 Å². The van der Waals surface area contributed by atoms with E-state index >= 15 is 0 Å². The highest BCUT2D eigenvalue weighted by molar-refractivity contribution is 5.78. The van der Waals surface area contributed by atoms with Crippen LogP contribution >= 0.6 is 0 Å². The molecule has 2 amide bonds. The maximum Gasteiger partial charge on any atom is 0.267 e. The van der Waals surface area contributed by atoms with Crippen LogP contribution in [0.3, 0.4) is 0 Å². The van der Waals surface area contributed by atoms with E-state index in [1.165, 1.54) is 10.7 Å². The van der Waals surface area contributed by atoms with Gasteiger partial charge in [-0.15, -0.1) is 0 Å². The predicted molar refractivity (Wildman–Crippen MR) is 93.0 cm³/mol. The van der Waals surface area contributed by atoms with Gasteiger partial charge in [0.1, 0.15) is 6.54 Å². The lowest BCUT2D eigenvalue weighted by atomic mass is 9.73. The Morgan fingerprint density at radius 2 is 2.04 bits per heavy atom. The van der Waals surface area contributed by atoms with E-state index in [1.54, 1.807) is 13.0 Å². The van der Waals surface area contributed by atoms with Gasteiger partial charge in [0.15, 0.2) is 0 Å². The first-order chi connectivity index (χ1) is 11.9. The Kier molecular flexibility index (Phi) is 4.92. The van der Waals surface area contributed by atoms with Gasteiger partial charge in [-0.05, 0) is 39.2 Å². The van der Waals surface area contributed by atoms with Crippen molar-refractivity contribution >= 4 is 11.8 Å². The molecule has 1 atom stereocenters. The summed E-state index contributed by atoms with van der Waals surface area (Å²) < 4.78 is 1.24. The molecule has 2 saturated heterocycles. The quantitative estimate of drug-likeness (QED) is 0.811. The van der Waals surface area contributed by atoms with Crippen LogP contribution in [0.15, 0.2) is 16.9 Å². The van der Waals surface area contributed by atoms with Gasteiger partial charge in [-0.3, -0.25) is 14.4 Å². The average Bonchev–Trinajstić information content (AvgIpc) is 2.60. The Labute approximate surface area is 147 Å². The molecular weight excluding hydrogens is 320 g/mol. The summed E-state index contributed by atoms with van der Waals surface area (Å²) in [6.07, 6.45) is 3.39. The lowest BCUT2D eigenvalue weighted by Crippen LogP contribution is -2.55. The highest BCUT2D eigenvalue weighted by Gasteiger charge is 2.42. The van der Waals surface area contributed by atoms with Crippen molar-refractivity contribution in [2.24, 2.45) is 5.41 Å².